The van der Waals surface area contributed by atoms with E-state index in [9.17, 15) is 4.79 Å². The number of halogens is 1. The van der Waals surface area contributed by atoms with E-state index in [1.54, 1.807) is 0 Å². The van der Waals surface area contributed by atoms with Gasteiger partial charge in [-0.3, -0.25) is 4.79 Å². The number of benzene rings is 1. The number of alkyl halides is 1. The first-order chi connectivity index (χ1) is 7.79. The summed E-state index contributed by atoms with van der Waals surface area (Å²) in [5, 5.41) is 1.17. The Labute approximate surface area is 109 Å². The fourth-order valence-corrected chi connectivity index (χ4v) is 3.65. The Kier molecular flexibility index (Phi) is 4.47. The minimum atomic E-state index is 0.161. The number of thioether (sulfide) groups is 1. The Morgan fingerprint density at radius 3 is 2.81 bits per heavy atom. The summed E-state index contributed by atoms with van der Waals surface area (Å²) in [6.07, 6.45) is 5.36. The molecule has 3 heteroatoms. The van der Waals surface area contributed by atoms with E-state index in [4.69, 9.17) is 0 Å². The van der Waals surface area contributed by atoms with E-state index >= 15 is 0 Å². The molecule has 1 fully saturated rings. The molecule has 1 nitrogen and oxygen atoms in total. The molecule has 1 aliphatic rings. The molecule has 0 atom stereocenters. The average molecular weight is 299 g/mol. The molecule has 1 aromatic rings. The second-order valence-electron chi connectivity index (χ2n) is 4.11. The largest absolute Gasteiger partial charge is 0.293 e. The van der Waals surface area contributed by atoms with Crippen molar-refractivity contribution in [2.45, 2.75) is 35.8 Å². The topological polar surface area (TPSA) is 17.1 Å². The highest BCUT2D eigenvalue weighted by molar-refractivity contribution is 9.09. The molecule has 1 aromatic carbocycles. The van der Waals surface area contributed by atoms with Crippen LogP contribution in [0.4, 0.5) is 0 Å². The van der Waals surface area contributed by atoms with Crippen molar-refractivity contribution in [2.75, 3.05) is 5.33 Å². The van der Waals surface area contributed by atoms with Crippen LogP contribution in [0.15, 0.2) is 29.2 Å². The van der Waals surface area contributed by atoms with Crippen LogP contribution in [0.5, 0.6) is 0 Å². The molecule has 0 aliphatic heterocycles. The molecule has 0 unspecified atom stereocenters. The van der Waals surface area contributed by atoms with Gasteiger partial charge in [0.25, 0.3) is 0 Å². The molecule has 0 aromatic heterocycles. The normalized spacial score (nSPS) is 16.6. The van der Waals surface area contributed by atoms with Crippen molar-refractivity contribution >= 4 is 33.5 Å². The maximum atomic E-state index is 11.5. The van der Waals surface area contributed by atoms with Gasteiger partial charge in [0.1, 0.15) is 0 Å². The van der Waals surface area contributed by atoms with Gasteiger partial charge in [-0.05, 0) is 25.0 Å². The zero-order chi connectivity index (χ0) is 11.4. The van der Waals surface area contributed by atoms with Gasteiger partial charge in [0.05, 0.1) is 5.33 Å². The number of hydrogen-bond acceptors (Lipinski definition) is 2. The van der Waals surface area contributed by atoms with Gasteiger partial charge in [-0.15, -0.1) is 11.8 Å². The molecular formula is C13H15BrOS. The number of carbonyl (C=O) groups is 1. The van der Waals surface area contributed by atoms with E-state index in [-0.39, 0.29) is 5.78 Å². The number of rotatable bonds is 4. The van der Waals surface area contributed by atoms with E-state index in [0.29, 0.717) is 5.33 Å². The van der Waals surface area contributed by atoms with Gasteiger partial charge in [-0.2, -0.15) is 0 Å². The van der Waals surface area contributed by atoms with Crippen molar-refractivity contribution in [3.05, 3.63) is 29.8 Å². The van der Waals surface area contributed by atoms with Gasteiger partial charge in [-0.1, -0.05) is 40.9 Å². The van der Waals surface area contributed by atoms with E-state index in [2.05, 4.69) is 22.0 Å². The van der Waals surface area contributed by atoms with Crippen LogP contribution in [0.1, 0.15) is 36.0 Å². The summed E-state index contributed by atoms with van der Waals surface area (Å²) in [6, 6.07) is 8.00. The Balaban J connectivity index is 2.06. The highest BCUT2D eigenvalue weighted by atomic mass is 79.9. The number of Topliss-reactive ketones (excluding diaryl/α,β-unsaturated/α-hetero) is 1. The molecule has 0 radical (unpaired) electrons. The van der Waals surface area contributed by atoms with Crippen LogP contribution in [0.2, 0.25) is 0 Å². The Morgan fingerprint density at radius 2 is 2.12 bits per heavy atom. The standard InChI is InChI=1S/C13H15BrOS/c14-9-13(15)10-4-3-7-12(8-10)16-11-5-1-2-6-11/h3-4,7-8,11H,1-2,5-6,9H2. The predicted octanol–water partition coefficient (Wildman–Crippen LogP) is 4.30. The SMILES string of the molecule is O=C(CBr)c1cccc(SC2CCCC2)c1. The Morgan fingerprint density at radius 1 is 1.38 bits per heavy atom. The molecule has 0 saturated heterocycles. The van der Waals surface area contributed by atoms with Crippen molar-refractivity contribution in [2.24, 2.45) is 0 Å². The van der Waals surface area contributed by atoms with Crippen LogP contribution in [0.25, 0.3) is 0 Å². The van der Waals surface area contributed by atoms with Crippen LogP contribution in [-0.2, 0) is 0 Å². The molecule has 86 valence electrons. The van der Waals surface area contributed by atoms with Crippen molar-refractivity contribution in [3.8, 4) is 0 Å². The summed E-state index contributed by atoms with van der Waals surface area (Å²) in [6.45, 7) is 0. The van der Waals surface area contributed by atoms with Crippen molar-refractivity contribution in [1.82, 2.24) is 0 Å². The first kappa shape index (κ1) is 12.2. The first-order valence-electron chi connectivity index (χ1n) is 5.65. The third-order valence-electron chi connectivity index (χ3n) is 2.88. The van der Waals surface area contributed by atoms with Crippen molar-refractivity contribution in [1.29, 1.82) is 0 Å². The summed E-state index contributed by atoms with van der Waals surface area (Å²) in [7, 11) is 0. The lowest BCUT2D eigenvalue weighted by atomic mass is 10.2. The second kappa shape index (κ2) is 5.87. The lowest BCUT2D eigenvalue weighted by Crippen LogP contribution is -2.00. The van der Waals surface area contributed by atoms with Crippen LogP contribution in [-0.4, -0.2) is 16.4 Å². The van der Waals surface area contributed by atoms with Crippen molar-refractivity contribution < 1.29 is 4.79 Å². The second-order valence-corrected chi connectivity index (χ2v) is 6.04. The van der Waals surface area contributed by atoms with E-state index in [1.807, 2.05) is 30.0 Å². The summed E-state index contributed by atoms with van der Waals surface area (Å²) in [5.74, 6) is 0.161. The first-order valence-corrected chi connectivity index (χ1v) is 7.65. The molecular weight excluding hydrogens is 284 g/mol. The summed E-state index contributed by atoms with van der Waals surface area (Å²) >= 11 is 5.13. The molecule has 2 rings (SSSR count). The maximum absolute atomic E-state index is 11.5. The van der Waals surface area contributed by atoms with Crippen LogP contribution in [0, 0.1) is 0 Å². The quantitative estimate of drug-likeness (QED) is 0.609. The maximum Gasteiger partial charge on any atom is 0.173 e. The molecule has 0 heterocycles. The number of ketones is 1. The number of carbonyl (C=O) groups excluding carboxylic acids is 1. The number of hydrogen-bond donors (Lipinski definition) is 0. The summed E-state index contributed by atoms with van der Waals surface area (Å²) in [5.41, 5.74) is 0.819. The van der Waals surface area contributed by atoms with Crippen LogP contribution >= 0.6 is 27.7 Å². The van der Waals surface area contributed by atoms with Crippen LogP contribution < -0.4 is 0 Å². The fourth-order valence-electron chi connectivity index (χ4n) is 2.02. The molecule has 0 N–H and O–H groups in total. The molecule has 0 amide bonds. The molecule has 1 aliphatic carbocycles. The molecule has 0 bridgehead atoms. The van der Waals surface area contributed by atoms with E-state index in [1.165, 1.54) is 30.6 Å². The smallest absolute Gasteiger partial charge is 0.173 e. The van der Waals surface area contributed by atoms with Crippen molar-refractivity contribution in [3.63, 3.8) is 0 Å². The average Bonchev–Trinajstić information content (AvgIpc) is 2.81. The lowest BCUT2D eigenvalue weighted by Gasteiger charge is -2.09. The highest BCUT2D eigenvalue weighted by Crippen LogP contribution is 2.34. The van der Waals surface area contributed by atoms with Crippen LogP contribution in [0.3, 0.4) is 0 Å². The fraction of sp³-hybridized carbons (Fsp3) is 0.462. The third kappa shape index (κ3) is 3.11. The lowest BCUT2D eigenvalue weighted by molar-refractivity contribution is 0.102. The molecule has 0 spiro atoms. The van der Waals surface area contributed by atoms with Gasteiger partial charge < -0.3 is 0 Å². The minimum absolute atomic E-state index is 0.161. The van der Waals surface area contributed by atoms with Gasteiger partial charge in [0.15, 0.2) is 5.78 Å². The van der Waals surface area contributed by atoms with E-state index < -0.39 is 0 Å². The predicted molar refractivity (Wildman–Crippen MR) is 72.7 cm³/mol. The van der Waals surface area contributed by atoms with Gasteiger partial charge in [-0.25, -0.2) is 0 Å². The van der Waals surface area contributed by atoms with E-state index in [0.717, 1.165) is 10.8 Å². The summed E-state index contributed by atoms with van der Waals surface area (Å²) in [4.78, 5) is 12.8. The zero-order valence-electron chi connectivity index (χ0n) is 9.12. The summed E-state index contributed by atoms with van der Waals surface area (Å²) < 4.78 is 0. The molecule has 1 saturated carbocycles. The Bertz CT molecular complexity index is 372. The van der Waals surface area contributed by atoms with Gasteiger partial charge >= 0.3 is 0 Å². The third-order valence-corrected chi connectivity index (χ3v) is 4.72. The van der Waals surface area contributed by atoms with Gasteiger partial charge in [0, 0.05) is 15.7 Å². The Hall–Kier alpha value is -0.280. The monoisotopic (exact) mass is 298 g/mol. The molecule has 16 heavy (non-hydrogen) atoms. The van der Waals surface area contributed by atoms with Gasteiger partial charge in [0.2, 0.25) is 0 Å². The minimum Gasteiger partial charge on any atom is -0.293 e. The highest BCUT2D eigenvalue weighted by Gasteiger charge is 2.16. The zero-order valence-corrected chi connectivity index (χ0v) is 11.5.